The molecule has 6 N–H and O–H groups in total. The molecule has 0 spiro atoms. The number of aliphatic hydroxyl groups is 5. The smallest absolute Gasteiger partial charge is 0.472 e. The number of ether oxygens (including phenoxy) is 2. The number of esters is 1. The van der Waals surface area contributed by atoms with Crippen molar-refractivity contribution >= 4 is 13.8 Å². The monoisotopic (exact) mass is 766 g/mol. The lowest BCUT2D eigenvalue weighted by atomic mass is 9.85. The maximum absolute atomic E-state index is 12.7. The summed E-state index contributed by atoms with van der Waals surface area (Å²) in [6, 6.07) is 0. The Balaban J connectivity index is 2.44. The van der Waals surface area contributed by atoms with Crippen molar-refractivity contribution in [2.45, 2.75) is 217 Å². The molecule has 0 saturated heterocycles. The van der Waals surface area contributed by atoms with Crippen molar-refractivity contribution < 1.29 is 58.3 Å². The minimum absolute atomic E-state index is 0.156. The second-order valence-corrected chi connectivity index (χ2v) is 16.0. The first-order valence-corrected chi connectivity index (χ1v) is 22.1. The van der Waals surface area contributed by atoms with E-state index in [1.807, 2.05) is 6.08 Å². The van der Waals surface area contributed by atoms with Gasteiger partial charge in [-0.15, -0.1) is 0 Å². The minimum atomic E-state index is -5.02. The molecule has 0 amide bonds. The molecule has 0 bridgehead atoms. The first-order chi connectivity index (χ1) is 25.0. The number of allylic oxidation sites excluding steroid dienone is 1. The predicted octanol–water partition coefficient (Wildman–Crippen LogP) is 7.54. The van der Waals surface area contributed by atoms with E-state index in [0.29, 0.717) is 6.42 Å². The summed E-state index contributed by atoms with van der Waals surface area (Å²) in [6.07, 6.45) is 19.5. The Hall–Kier alpha value is -1.08. The van der Waals surface area contributed by atoms with Gasteiger partial charge in [0, 0.05) is 6.42 Å². The summed E-state index contributed by atoms with van der Waals surface area (Å²) >= 11 is 0. The second kappa shape index (κ2) is 31.2. The molecule has 1 aliphatic carbocycles. The zero-order valence-corrected chi connectivity index (χ0v) is 33.3. The lowest BCUT2D eigenvalue weighted by Crippen LogP contribution is -2.64. The Bertz CT molecular complexity index is 921. The quantitative estimate of drug-likeness (QED) is 0.0163. The SMILES string of the molecule is CCCCCCCCCCCCCCCC/C=C\OC[C@H](COP(=O)(O)OC1C(O)C(O)C(O)[C@@H](O)C1O)OC(=O)CCCCCCCCCCC. The molecule has 0 radical (unpaired) electrons. The third kappa shape index (κ3) is 23.6. The van der Waals surface area contributed by atoms with E-state index < -0.39 is 63.1 Å². The highest BCUT2D eigenvalue weighted by molar-refractivity contribution is 7.47. The third-order valence-electron chi connectivity index (χ3n) is 9.73. The Morgan fingerprint density at radius 2 is 1.00 bits per heavy atom. The molecule has 1 fully saturated rings. The molecule has 1 aliphatic rings. The van der Waals surface area contributed by atoms with E-state index in [1.165, 1.54) is 115 Å². The highest BCUT2D eigenvalue weighted by Gasteiger charge is 2.51. The summed E-state index contributed by atoms with van der Waals surface area (Å²) in [7, 11) is -5.02. The van der Waals surface area contributed by atoms with E-state index in [-0.39, 0.29) is 13.0 Å². The van der Waals surface area contributed by atoms with Gasteiger partial charge in [-0.05, 0) is 25.3 Å². The second-order valence-electron chi connectivity index (χ2n) is 14.6. The van der Waals surface area contributed by atoms with Gasteiger partial charge in [0.25, 0.3) is 0 Å². The van der Waals surface area contributed by atoms with Crippen LogP contribution in [0.25, 0.3) is 0 Å². The highest BCUT2D eigenvalue weighted by Crippen LogP contribution is 2.47. The molecule has 0 aromatic rings. The fraction of sp³-hybridized carbons (Fsp3) is 0.923. The van der Waals surface area contributed by atoms with Crippen molar-refractivity contribution in [3.8, 4) is 0 Å². The number of rotatable bonds is 34. The van der Waals surface area contributed by atoms with Gasteiger partial charge < -0.3 is 39.9 Å². The average Bonchev–Trinajstić information content (AvgIpc) is 3.12. The van der Waals surface area contributed by atoms with Gasteiger partial charge >= 0.3 is 13.8 Å². The number of carbonyl (C=O) groups excluding carboxylic acids is 1. The van der Waals surface area contributed by atoms with Crippen LogP contribution in [0, 0.1) is 0 Å². The number of unbranched alkanes of at least 4 members (excludes halogenated alkanes) is 22. The molecule has 13 heteroatoms. The number of hydrogen-bond donors (Lipinski definition) is 6. The summed E-state index contributed by atoms with van der Waals surface area (Å²) in [5.74, 6) is -0.501. The zero-order valence-electron chi connectivity index (χ0n) is 32.4. The largest absolute Gasteiger partial charge is 0.498 e. The number of hydrogen-bond acceptors (Lipinski definition) is 11. The van der Waals surface area contributed by atoms with Gasteiger partial charge in [0.15, 0.2) is 6.10 Å². The molecule has 6 unspecified atom stereocenters. The number of phosphoric acid groups is 1. The topological polar surface area (TPSA) is 192 Å². The average molecular weight is 767 g/mol. The van der Waals surface area contributed by atoms with Gasteiger partial charge in [-0.3, -0.25) is 13.8 Å². The maximum atomic E-state index is 12.7. The summed E-state index contributed by atoms with van der Waals surface area (Å²) in [6.45, 7) is 3.68. The van der Waals surface area contributed by atoms with E-state index in [1.54, 1.807) is 0 Å². The van der Waals surface area contributed by atoms with Gasteiger partial charge in [0.05, 0.1) is 12.9 Å². The minimum Gasteiger partial charge on any atom is -0.498 e. The van der Waals surface area contributed by atoms with Gasteiger partial charge in [-0.2, -0.15) is 0 Å². The Morgan fingerprint density at radius 3 is 1.46 bits per heavy atom. The van der Waals surface area contributed by atoms with E-state index in [2.05, 4.69) is 13.8 Å². The molecule has 0 aliphatic heterocycles. The van der Waals surface area contributed by atoms with Crippen molar-refractivity contribution in [1.82, 2.24) is 0 Å². The van der Waals surface area contributed by atoms with Crippen LogP contribution in [0.5, 0.6) is 0 Å². The molecular formula is C39H75O12P. The number of phosphoric ester groups is 1. The summed E-state index contributed by atoms with van der Waals surface area (Å²) in [5.41, 5.74) is 0. The highest BCUT2D eigenvalue weighted by atomic mass is 31.2. The van der Waals surface area contributed by atoms with E-state index in [0.717, 1.165) is 38.5 Å². The van der Waals surface area contributed by atoms with Crippen molar-refractivity contribution in [1.29, 1.82) is 0 Å². The fourth-order valence-corrected chi connectivity index (χ4v) is 7.35. The van der Waals surface area contributed by atoms with Crippen LogP contribution in [0.2, 0.25) is 0 Å². The molecule has 0 aromatic heterocycles. The van der Waals surface area contributed by atoms with Crippen LogP contribution in [0.15, 0.2) is 12.3 Å². The summed E-state index contributed by atoms with van der Waals surface area (Å²) in [5, 5.41) is 49.9. The van der Waals surface area contributed by atoms with E-state index >= 15 is 0 Å². The lowest BCUT2D eigenvalue weighted by molar-refractivity contribution is -0.220. The zero-order chi connectivity index (χ0) is 38.5. The third-order valence-corrected chi connectivity index (χ3v) is 10.7. The Morgan fingerprint density at radius 1 is 0.596 bits per heavy atom. The standard InChI is InChI=1S/C39H75O12P/c1-3-5-7-9-11-13-14-15-16-17-18-19-21-23-25-27-29-48-30-32(50-33(40)28-26-24-22-20-12-10-8-6-4-2)31-49-52(46,47)51-39-37(44)35(42)34(41)36(43)38(39)45/h27,29,32,34-39,41-45H,3-26,28,30-31H2,1-2H3,(H,46,47)/b29-27-/t32-,34?,35-,36?,37?,38?,39?/m1/s1. The molecule has 1 saturated carbocycles. The molecule has 8 atom stereocenters. The molecule has 308 valence electrons. The van der Waals surface area contributed by atoms with E-state index in [9.17, 15) is 39.8 Å². The maximum Gasteiger partial charge on any atom is 0.472 e. The van der Waals surface area contributed by atoms with Crippen LogP contribution in [0.3, 0.4) is 0 Å². The van der Waals surface area contributed by atoms with Crippen LogP contribution in [-0.2, 0) is 27.9 Å². The van der Waals surface area contributed by atoms with Gasteiger partial charge in [-0.1, -0.05) is 149 Å². The fourth-order valence-electron chi connectivity index (χ4n) is 6.38. The molecule has 1 rings (SSSR count). The Labute approximate surface area is 314 Å². The molecule has 0 aromatic carbocycles. The van der Waals surface area contributed by atoms with Crippen molar-refractivity contribution in [3.05, 3.63) is 12.3 Å². The van der Waals surface area contributed by atoms with E-state index in [4.69, 9.17) is 18.5 Å². The molecule has 52 heavy (non-hydrogen) atoms. The van der Waals surface area contributed by atoms with Crippen molar-refractivity contribution in [3.63, 3.8) is 0 Å². The normalized spacial score (nSPS) is 23.8. The van der Waals surface area contributed by atoms with Gasteiger partial charge in [0.1, 0.15) is 43.2 Å². The summed E-state index contributed by atoms with van der Waals surface area (Å²) < 4.78 is 33.7. The van der Waals surface area contributed by atoms with Crippen LogP contribution in [0.4, 0.5) is 0 Å². The molecular weight excluding hydrogens is 691 g/mol. The van der Waals surface area contributed by atoms with Crippen LogP contribution >= 0.6 is 7.82 Å². The van der Waals surface area contributed by atoms with Crippen LogP contribution in [0.1, 0.15) is 174 Å². The lowest BCUT2D eigenvalue weighted by Gasteiger charge is -2.41. The van der Waals surface area contributed by atoms with Gasteiger partial charge in [0.2, 0.25) is 0 Å². The summed E-state index contributed by atoms with van der Waals surface area (Å²) in [4.78, 5) is 22.9. The molecule has 0 heterocycles. The van der Waals surface area contributed by atoms with Gasteiger partial charge in [-0.25, -0.2) is 4.57 Å². The first kappa shape index (κ1) is 48.9. The Kier molecular flexibility index (Phi) is 29.3. The number of aliphatic hydroxyl groups excluding tert-OH is 5. The van der Waals surface area contributed by atoms with Crippen LogP contribution in [-0.4, -0.2) is 92.3 Å². The van der Waals surface area contributed by atoms with Crippen LogP contribution < -0.4 is 0 Å². The van der Waals surface area contributed by atoms with Crippen molar-refractivity contribution in [2.24, 2.45) is 0 Å². The number of carbonyl (C=O) groups is 1. The predicted molar refractivity (Wildman–Crippen MR) is 202 cm³/mol. The first-order valence-electron chi connectivity index (χ1n) is 20.6. The molecule has 12 nitrogen and oxygen atoms in total. The van der Waals surface area contributed by atoms with Crippen molar-refractivity contribution in [2.75, 3.05) is 13.2 Å².